The number of aliphatic hydroxyl groups is 1. The number of piperidine rings is 1. The van der Waals surface area contributed by atoms with E-state index in [0.717, 1.165) is 44.5 Å². The fourth-order valence-corrected chi connectivity index (χ4v) is 5.97. The molecule has 6 nitrogen and oxygen atoms in total. The van der Waals surface area contributed by atoms with Crippen molar-refractivity contribution in [1.29, 1.82) is 0 Å². The number of nitrogens with one attached hydrogen (secondary N) is 1. The summed E-state index contributed by atoms with van der Waals surface area (Å²) >= 11 is 0. The summed E-state index contributed by atoms with van der Waals surface area (Å²) in [5.41, 5.74) is -0.119. The number of likely N-dealkylation sites (tertiary alicyclic amines) is 1. The zero-order valence-electron chi connectivity index (χ0n) is 19.1. The van der Waals surface area contributed by atoms with Crippen molar-refractivity contribution in [2.45, 2.75) is 31.3 Å². The van der Waals surface area contributed by atoms with E-state index >= 15 is 0 Å². The van der Waals surface area contributed by atoms with E-state index in [9.17, 15) is 14.7 Å². The monoisotopic (exact) mass is 448 g/mol. The van der Waals surface area contributed by atoms with Crippen molar-refractivity contribution in [3.8, 4) is 5.75 Å². The molecule has 2 N–H and O–H groups in total. The number of benzene rings is 2. The largest absolute Gasteiger partial charge is 0.497 e. The Morgan fingerprint density at radius 3 is 2.27 bits per heavy atom. The van der Waals surface area contributed by atoms with Gasteiger partial charge in [0.25, 0.3) is 11.8 Å². The summed E-state index contributed by atoms with van der Waals surface area (Å²) in [5.74, 6) is 1.67. The maximum Gasteiger partial charge on any atom is 0.256 e. The first-order valence-electron chi connectivity index (χ1n) is 12.0. The van der Waals surface area contributed by atoms with Gasteiger partial charge >= 0.3 is 0 Å². The van der Waals surface area contributed by atoms with Crippen LogP contribution in [0.2, 0.25) is 0 Å². The van der Waals surface area contributed by atoms with Gasteiger partial charge in [0.05, 0.1) is 7.11 Å². The highest BCUT2D eigenvalue weighted by atomic mass is 16.5. The highest BCUT2D eigenvalue weighted by Crippen LogP contribution is 2.51. The van der Waals surface area contributed by atoms with Crippen LogP contribution in [0, 0.1) is 23.7 Å². The molecule has 2 aromatic rings. The lowest BCUT2D eigenvalue weighted by Crippen LogP contribution is -2.49. The second kappa shape index (κ2) is 8.82. The minimum absolute atomic E-state index is 0.0452. The van der Waals surface area contributed by atoms with Gasteiger partial charge in [0, 0.05) is 31.1 Å². The predicted molar refractivity (Wildman–Crippen MR) is 125 cm³/mol. The summed E-state index contributed by atoms with van der Waals surface area (Å²) in [6.07, 6.45) is 3.85. The fourth-order valence-electron chi connectivity index (χ4n) is 5.97. The van der Waals surface area contributed by atoms with Crippen molar-refractivity contribution >= 4 is 11.8 Å². The molecule has 1 heterocycles. The molecule has 4 atom stereocenters. The number of ether oxygens (including phenoxy) is 1. The van der Waals surface area contributed by atoms with E-state index < -0.39 is 5.60 Å². The molecule has 174 valence electrons. The van der Waals surface area contributed by atoms with E-state index in [-0.39, 0.29) is 17.7 Å². The predicted octanol–water partition coefficient (Wildman–Crippen LogP) is 3.21. The van der Waals surface area contributed by atoms with Crippen LogP contribution in [-0.4, -0.2) is 48.6 Å². The van der Waals surface area contributed by atoms with Crippen LogP contribution >= 0.6 is 0 Å². The van der Waals surface area contributed by atoms with Gasteiger partial charge in [0.1, 0.15) is 5.75 Å². The molecule has 0 aromatic heterocycles. The molecule has 5 rings (SSSR count). The number of hydrogen-bond acceptors (Lipinski definition) is 4. The van der Waals surface area contributed by atoms with Gasteiger partial charge in [-0.05, 0) is 60.4 Å². The van der Waals surface area contributed by atoms with Gasteiger partial charge in [0.15, 0.2) is 5.60 Å². The van der Waals surface area contributed by atoms with Gasteiger partial charge in [-0.15, -0.1) is 0 Å². The van der Waals surface area contributed by atoms with Crippen molar-refractivity contribution in [3.63, 3.8) is 0 Å². The number of carbonyl (C=O) groups is 2. The van der Waals surface area contributed by atoms with Gasteiger partial charge in [-0.25, -0.2) is 0 Å². The van der Waals surface area contributed by atoms with Crippen molar-refractivity contribution in [1.82, 2.24) is 10.2 Å². The number of amides is 2. The Kier molecular flexibility index (Phi) is 5.87. The Labute approximate surface area is 194 Å². The van der Waals surface area contributed by atoms with Gasteiger partial charge in [-0.1, -0.05) is 43.2 Å². The van der Waals surface area contributed by atoms with Crippen molar-refractivity contribution in [2.24, 2.45) is 23.7 Å². The van der Waals surface area contributed by atoms with E-state index in [1.54, 1.807) is 31.4 Å². The second-order valence-corrected chi connectivity index (χ2v) is 9.75. The average molecular weight is 449 g/mol. The van der Waals surface area contributed by atoms with Crippen LogP contribution in [0.4, 0.5) is 0 Å². The number of methoxy groups -OCH3 is 1. The third-order valence-electron chi connectivity index (χ3n) is 8.00. The van der Waals surface area contributed by atoms with Crippen LogP contribution in [0.5, 0.6) is 5.75 Å². The van der Waals surface area contributed by atoms with Crippen molar-refractivity contribution in [3.05, 3.63) is 65.7 Å². The molecule has 2 saturated carbocycles. The third kappa shape index (κ3) is 4.01. The molecular formula is C27H32N2O4. The van der Waals surface area contributed by atoms with E-state index in [4.69, 9.17) is 4.74 Å². The molecule has 33 heavy (non-hydrogen) atoms. The highest BCUT2D eigenvalue weighted by molar-refractivity contribution is 5.94. The van der Waals surface area contributed by atoms with Crippen molar-refractivity contribution in [2.75, 3.05) is 26.7 Å². The Bertz CT molecular complexity index is 991. The average Bonchev–Trinajstić information content (AvgIpc) is 3.27. The minimum atomic E-state index is -1.47. The van der Waals surface area contributed by atoms with E-state index in [0.29, 0.717) is 35.4 Å². The van der Waals surface area contributed by atoms with E-state index in [1.165, 1.54) is 0 Å². The molecule has 1 unspecified atom stereocenters. The number of hydrogen-bond donors (Lipinski definition) is 2. The maximum absolute atomic E-state index is 13.3. The lowest BCUT2D eigenvalue weighted by molar-refractivity contribution is -0.147. The Balaban J connectivity index is 1.17. The number of rotatable bonds is 7. The fraction of sp³-hybridized carbons (Fsp3) is 0.481. The van der Waals surface area contributed by atoms with Gasteiger partial charge in [0.2, 0.25) is 0 Å². The molecule has 6 heteroatoms. The summed E-state index contributed by atoms with van der Waals surface area (Å²) in [6.45, 7) is 2.00. The SMILES string of the molecule is COc1ccc(C(=O)N2C[C@@H]3[C@@H](CNC(=O)C(O)(c4ccccc4)C4CCCC4)[C@@H]3C2)cc1. The molecule has 0 spiro atoms. The zero-order valence-corrected chi connectivity index (χ0v) is 19.1. The van der Waals surface area contributed by atoms with Crippen LogP contribution in [-0.2, 0) is 10.4 Å². The molecule has 3 aliphatic rings. The molecular weight excluding hydrogens is 416 g/mol. The van der Waals surface area contributed by atoms with E-state index in [1.807, 2.05) is 35.2 Å². The summed E-state index contributed by atoms with van der Waals surface area (Å²) < 4.78 is 5.17. The second-order valence-electron chi connectivity index (χ2n) is 9.75. The third-order valence-corrected chi connectivity index (χ3v) is 8.00. The van der Waals surface area contributed by atoms with Crippen LogP contribution in [0.25, 0.3) is 0 Å². The topological polar surface area (TPSA) is 78.9 Å². The normalized spacial score (nSPS) is 25.9. The van der Waals surface area contributed by atoms with Crippen LogP contribution in [0.15, 0.2) is 54.6 Å². The van der Waals surface area contributed by atoms with Crippen molar-refractivity contribution < 1.29 is 19.4 Å². The molecule has 1 saturated heterocycles. The standard InChI is InChI=1S/C27H32N2O4/c1-33-21-13-11-18(12-14-21)25(30)29-16-23-22(24(23)17-29)15-28-26(31)27(32,20-9-5-6-10-20)19-7-3-2-4-8-19/h2-4,7-8,11-14,20,22-24,32H,5-6,9-10,15-17H2,1H3,(H,28,31)/t22-,23-,24+,27?. The summed E-state index contributed by atoms with van der Waals surface area (Å²) in [4.78, 5) is 28.0. The highest BCUT2D eigenvalue weighted by Gasteiger charge is 2.57. The first-order valence-corrected chi connectivity index (χ1v) is 12.0. The smallest absolute Gasteiger partial charge is 0.256 e. The molecule has 0 bridgehead atoms. The molecule has 2 aliphatic carbocycles. The lowest BCUT2D eigenvalue weighted by Gasteiger charge is -2.33. The van der Waals surface area contributed by atoms with Gasteiger partial charge in [-0.3, -0.25) is 9.59 Å². The summed E-state index contributed by atoms with van der Waals surface area (Å²) in [6, 6.07) is 16.6. The zero-order chi connectivity index (χ0) is 23.0. The maximum atomic E-state index is 13.3. The Morgan fingerprint density at radius 1 is 1.03 bits per heavy atom. The molecule has 1 aliphatic heterocycles. The number of carbonyl (C=O) groups excluding carboxylic acids is 2. The number of nitrogens with zero attached hydrogens (tertiary/aromatic N) is 1. The number of fused-ring (bicyclic) bond motifs is 1. The first kappa shape index (κ1) is 22.0. The summed E-state index contributed by atoms with van der Waals surface area (Å²) in [5, 5.41) is 14.7. The lowest BCUT2D eigenvalue weighted by atomic mass is 9.79. The Hall–Kier alpha value is -2.86. The van der Waals surface area contributed by atoms with Crippen LogP contribution in [0.3, 0.4) is 0 Å². The van der Waals surface area contributed by atoms with Gasteiger partial charge < -0.3 is 20.1 Å². The van der Waals surface area contributed by atoms with Gasteiger partial charge in [-0.2, -0.15) is 0 Å². The quantitative estimate of drug-likeness (QED) is 0.682. The van der Waals surface area contributed by atoms with Crippen LogP contribution in [0.1, 0.15) is 41.6 Å². The summed E-state index contributed by atoms with van der Waals surface area (Å²) in [7, 11) is 1.61. The molecule has 2 amide bonds. The van der Waals surface area contributed by atoms with E-state index in [2.05, 4.69) is 5.32 Å². The van der Waals surface area contributed by atoms with Crippen LogP contribution < -0.4 is 10.1 Å². The minimum Gasteiger partial charge on any atom is -0.497 e. The molecule has 2 aromatic carbocycles. The Morgan fingerprint density at radius 2 is 1.67 bits per heavy atom. The molecule has 3 fully saturated rings. The first-order chi connectivity index (χ1) is 16.0. The molecule has 0 radical (unpaired) electrons.